The fourth-order valence-electron chi connectivity index (χ4n) is 1.71. The van der Waals surface area contributed by atoms with Gasteiger partial charge in [-0.25, -0.2) is 0 Å². The summed E-state index contributed by atoms with van der Waals surface area (Å²) in [5.41, 5.74) is 0. The van der Waals surface area contributed by atoms with E-state index in [1.54, 1.807) is 4.90 Å². The minimum Gasteiger partial charge on any atom is -0.358 e. The van der Waals surface area contributed by atoms with Crippen molar-refractivity contribution >= 4 is 5.91 Å². The minimum absolute atomic E-state index is 0.122. The number of halogens is 3. The van der Waals surface area contributed by atoms with Crippen LogP contribution < -0.4 is 10.6 Å². The Kier molecular flexibility index (Phi) is 4.55. The molecule has 0 aromatic carbocycles. The van der Waals surface area contributed by atoms with Crippen molar-refractivity contribution in [1.82, 2.24) is 15.5 Å². The zero-order valence-corrected chi connectivity index (χ0v) is 9.10. The van der Waals surface area contributed by atoms with E-state index in [0.29, 0.717) is 19.6 Å². The van der Waals surface area contributed by atoms with Gasteiger partial charge in [-0.05, 0) is 0 Å². The smallest absolute Gasteiger partial charge is 0.358 e. The highest BCUT2D eigenvalue weighted by Gasteiger charge is 2.32. The molecular formula is C9H16F3N3O. The van der Waals surface area contributed by atoms with Crippen LogP contribution in [0.25, 0.3) is 0 Å². The summed E-state index contributed by atoms with van der Waals surface area (Å²) in [4.78, 5) is 13.0. The molecule has 0 saturated carbocycles. The largest absolute Gasteiger partial charge is 0.390 e. The summed E-state index contributed by atoms with van der Waals surface area (Å²) >= 11 is 0. The Hall–Kier alpha value is -0.820. The van der Waals surface area contributed by atoms with Crippen LogP contribution in [-0.2, 0) is 4.79 Å². The van der Waals surface area contributed by atoms with Gasteiger partial charge in [-0.2, -0.15) is 13.2 Å². The summed E-state index contributed by atoms with van der Waals surface area (Å²) < 4.78 is 36.2. The number of alkyl halides is 3. The van der Waals surface area contributed by atoms with E-state index in [9.17, 15) is 18.0 Å². The van der Waals surface area contributed by atoms with E-state index >= 15 is 0 Å². The first kappa shape index (κ1) is 13.2. The number of rotatable bonds is 3. The van der Waals surface area contributed by atoms with E-state index in [0.717, 1.165) is 0 Å². The van der Waals surface area contributed by atoms with Crippen molar-refractivity contribution in [2.45, 2.75) is 18.6 Å². The Balaban J connectivity index is 2.50. The van der Waals surface area contributed by atoms with Crippen molar-refractivity contribution in [2.75, 3.05) is 33.2 Å². The number of amides is 1. The molecule has 16 heavy (non-hydrogen) atoms. The third-order valence-corrected chi connectivity index (χ3v) is 2.59. The van der Waals surface area contributed by atoms with Crippen LogP contribution in [0.3, 0.4) is 0 Å². The lowest BCUT2D eigenvalue weighted by atomic mass is 10.1. The molecule has 1 rings (SSSR count). The van der Waals surface area contributed by atoms with Gasteiger partial charge in [0.2, 0.25) is 5.91 Å². The predicted octanol–water partition coefficient (Wildman–Crippen LogP) is -0.0414. The van der Waals surface area contributed by atoms with Crippen molar-refractivity contribution < 1.29 is 18.0 Å². The Morgan fingerprint density at radius 1 is 1.56 bits per heavy atom. The maximum absolute atomic E-state index is 12.1. The predicted molar refractivity (Wildman–Crippen MR) is 53.0 cm³/mol. The van der Waals surface area contributed by atoms with Gasteiger partial charge in [0.1, 0.15) is 6.04 Å². The zero-order valence-electron chi connectivity index (χ0n) is 9.10. The molecule has 1 atom stereocenters. The third kappa shape index (κ3) is 3.97. The van der Waals surface area contributed by atoms with Gasteiger partial charge in [0.25, 0.3) is 0 Å². The number of carbonyl (C=O) groups excluding carboxylic acids is 1. The molecule has 4 nitrogen and oxygen atoms in total. The summed E-state index contributed by atoms with van der Waals surface area (Å²) in [6.45, 7) is 1.36. The molecule has 1 unspecified atom stereocenters. The fraction of sp³-hybridized carbons (Fsp3) is 0.889. The molecule has 0 spiro atoms. The average Bonchev–Trinajstić information content (AvgIpc) is 2.25. The van der Waals surface area contributed by atoms with Gasteiger partial charge < -0.3 is 10.6 Å². The lowest BCUT2D eigenvalue weighted by Crippen LogP contribution is -2.57. The molecular weight excluding hydrogens is 223 g/mol. The van der Waals surface area contributed by atoms with Gasteiger partial charge in [-0.15, -0.1) is 0 Å². The molecule has 7 heteroatoms. The van der Waals surface area contributed by atoms with Gasteiger partial charge in [-0.1, -0.05) is 0 Å². The average molecular weight is 239 g/mol. The number of hydrogen-bond acceptors (Lipinski definition) is 3. The zero-order chi connectivity index (χ0) is 12.2. The number of piperazine rings is 1. The quantitative estimate of drug-likeness (QED) is 0.726. The van der Waals surface area contributed by atoms with Crippen LogP contribution in [0.2, 0.25) is 0 Å². The van der Waals surface area contributed by atoms with E-state index in [-0.39, 0.29) is 12.5 Å². The first-order valence-corrected chi connectivity index (χ1v) is 5.17. The van der Waals surface area contributed by atoms with E-state index in [2.05, 4.69) is 10.6 Å². The molecule has 0 aromatic rings. The minimum atomic E-state index is -4.17. The molecule has 1 saturated heterocycles. The molecule has 0 bridgehead atoms. The van der Waals surface area contributed by atoms with Crippen molar-refractivity contribution in [1.29, 1.82) is 0 Å². The highest BCUT2D eigenvalue weighted by atomic mass is 19.4. The Morgan fingerprint density at radius 3 is 2.81 bits per heavy atom. The molecule has 0 radical (unpaired) electrons. The molecule has 94 valence electrons. The topological polar surface area (TPSA) is 44.4 Å². The van der Waals surface area contributed by atoms with Gasteiger partial charge in [0.05, 0.1) is 6.42 Å². The van der Waals surface area contributed by atoms with Gasteiger partial charge >= 0.3 is 6.18 Å². The standard InChI is InChI=1S/C9H16F3N3O/c1-13-8(16)7-6-14-3-5-15(7)4-2-9(10,11)12/h7,14H,2-6H2,1H3,(H,13,16). The Labute approximate surface area is 92.2 Å². The first-order valence-electron chi connectivity index (χ1n) is 5.17. The van der Waals surface area contributed by atoms with Crippen molar-refractivity contribution in [2.24, 2.45) is 0 Å². The molecule has 0 aromatic heterocycles. The van der Waals surface area contributed by atoms with Crippen LogP contribution in [0.5, 0.6) is 0 Å². The summed E-state index contributed by atoms with van der Waals surface area (Å²) in [7, 11) is 1.48. The molecule has 2 N–H and O–H groups in total. The van der Waals surface area contributed by atoms with Crippen molar-refractivity contribution in [3.05, 3.63) is 0 Å². The Morgan fingerprint density at radius 2 is 2.25 bits per heavy atom. The second-order valence-corrected chi connectivity index (χ2v) is 3.74. The van der Waals surface area contributed by atoms with Crippen LogP contribution in [0.4, 0.5) is 13.2 Å². The van der Waals surface area contributed by atoms with E-state index < -0.39 is 18.6 Å². The molecule has 1 aliphatic heterocycles. The number of likely N-dealkylation sites (N-methyl/N-ethyl adjacent to an activating group) is 1. The second-order valence-electron chi connectivity index (χ2n) is 3.74. The molecule has 1 aliphatic rings. The van der Waals surface area contributed by atoms with Crippen molar-refractivity contribution in [3.8, 4) is 0 Å². The molecule has 0 aliphatic carbocycles. The van der Waals surface area contributed by atoms with Gasteiger partial charge in [-0.3, -0.25) is 9.69 Å². The number of nitrogens with one attached hydrogen (secondary N) is 2. The van der Waals surface area contributed by atoms with Crippen LogP contribution in [0.1, 0.15) is 6.42 Å². The van der Waals surface area contributed by atoms with Crippen LogP contribution in [0.15, 0.2) is 0 Å². The SMILES string of the molecule is CNC(=O)C1CNCCN1CCC(F)(F)F. The maximum atomic E-state index is 12.1. The number of nitrogens with zero attached hydrogens (tertiary/aromatic N) is 1. The van der Waals surface area contributed by atoms with E-state index in [1.807, 2.05) is 0 Å². The number of carbonyl (C=O) groups is 1. The lowest BCUT2D eigenvalue weighted by molar-refractivity contribution is -0.143. The van der Waals surface area contributed by atoms with E-state index in [1.165, 1.54) is 7.05 Å². The number of hydrogen-bond donors (Lipinski definition) is 2. The summed E-state index contributed by atoms with van der Waals surface area (Å²) in [6.07, 6.45) is -5.04. The molecule has 1 heterocycles. The second kappa shape index (κ2) is 5.49. The summed E-state index contributed by atoms with van der Waals surface area (Å²) in [6, 6.07) is -0.499. The van der Waals surface area contributed by atoms with Crippen LogP contribution in [-0.4, -0.2) is 56.3 Å². The normalized spacial score (nSPS) is 23.1. The third-order valence-electron chi connectivity index (χ3n) is 2.59. The fourth-order valence-corrected chi connectivity index (χ4v) is 1.71. The summed E-state index contributed by atoms with van der Waals surface area (Å²) in [5.74, 6) is -0.241. The van der Waals surface area contributed by atoms with Crippen molar-refractivity contribution in [3.63, 3.8) is 0 Å². The first-order chi connectivity index (χ1) is 7.44. The van der Waals surface area contributed by atoms with Gasteiger partial charge in [0, 0.05) is 33.2 Å². The highest BCUT2D eigenvalue weighted by molar-refractivity contribution is 5.81. The van der Waals surface area contributed by atoms with Crippen LogP contribution >= 0.6 is 0 Å². The van der Waals surface area contributed by atoms with E-state index in [4.69, 9.17) is 0 Å². The monoisotopic (exact) mass is 239 g/mol. The molecule has 1 fully saturated rings. The van der Waals surface area contributed by atoms with Gasteiger partial charge in [0.15, 0.2) is 0 Å². The summed E-state index contributed by atoms with van der Waals surface area (Å²) in [5, 5.41) is 5.45. The maximum Gasteiger partial charge on any atom is 0.390 e. The lowest BCUT2D eigenvalue weighted by Gasteiger charge is -2.34. The highest BCUT2D eigenvalue weighted by Crippen LogP contribution is 2.20. The molecule has 1 amide bonds. The Bertz CT molecular complexity index is 245. The van der Waals surface area contributed by atoms with Crippen LogP contribution in [0, 0.1) is 0 Å².